The highest BCUT2D eigenvalue weighted by atomic mass is 35.5. The van der Waals surface area contributed by atoms with E-state index in [9.17, 15) is 0 Å². The van der Waals surface area contributed by atoms with Crippen LogP contribution < -0.4 is 0 Å². The normalized spacial score (nSPS) is 12.3. The first kappa shape index (κ1) is 23.9. The quantitative estimate of drug-likeness (QED) is 0.243. The minimum absolute atomic E-state index is 0.0756. The third-order valence-electron chi connectivity index (χ3n) is 5.73. The molecule has 0 aliphatic rings. The molecule has 36 heavy (non-hydrogen) atoms. The molecule has 0 N–H and O–H groups in total. The lowest BCUT2D eigenvalue weighted by Crippen LogP contribution is -2.32. The van der Waals surface area contributed by atoms with Crippen LogP contribution in [-0.2, 0) is 13.1 Å². The minimum atomic E-state index is -0.0756. The monoisotopic (exact) mass is 503 g/mol. The summed E-state index contributed by atoms with van der Waals surface area (Å²) in [4.78, 5) is 2.11. The predicted octanol–water partition coefficient (Wildman–Crippen LogP) is 5.08. The van der Waals surface area contributed by atoms with Gasteiger partial charge in [-0.05, 0) is 44.2 Å². The van der Waals surface area contributed by atoms with Crippen LogP contribution in [0, 0.1) is 13.8 Å². The SMILES string of the molecule is Cc1cc(C)n([C@H](CCl)CN(Cc2nnc(-c3ccccc3)o2)Cc2nnc(-c3ccccc3)o2)n1. The second-order valence-corrected chi connectivity index (χ2v) is 8.89. The molecule has 0 amide bonds. The molecule has 0 saturated carbocycles. The highest BCUT2D eigenvalue weighted by molar-refractivity contribution is 6.18. The van der Waals surface area contributed by atoms with Crippen molar-refractivity contribution in [2.45, 2.75) is 33.0 Å². The van der Waals surface area contributed by atoms with Crippen molar-refractivity contribution in [3.63, 3.8) is 0 Å². The van der Waals surface area contributed by atoms with Crippen molar-refractivity contribution in [2.24, 2.45) is 0 Å². The molecule has 1 atom stereocenters. The summed E-state index contributed by atoms with van der Waals surface area (Å²) in [6.45, 7) is 5.33. The molecular weight excluding hydrogens is 478 g/mol. The molecule has 3 heterocycles. The smallest absolute Gasteiger partial charge is 0.247 e. The summed E-state index contributed by atoms with van der Waals surface area (Å²) in [6.07, 6.45) is 0. The summed E-state index contributed by atoms with van der Waals surface area (Å²) in [5.41, 5.74) is 3.73. The molecular formula is C26H26ClN7O2. The maximum atomic E-state index is 6.41. The van der Waals surface area contributed by atoms with Gasteiger partial charge in [0.2, 0.25) is 23.6 Å². The number of hydrogen-bond acceptors (Lipinski definition) is 8. The molecule has 5 aromatic rings. The van der Waals surface area contributed by atoms with Gasteiger partial charge in [-0.15, -0.1) is 32.0 Å². The average Bonchev–Trinajstić information content (AvgIpc) is 3.64. The molecule has 0 aliphatic heterocycles. The number of rotatable bonds is 10. The second-order valence-electron chi connectivity index (χ2n) is 8.58. The van der Waals surface area contributed by atoms with Crippen molar-refractivity contribution in [1.29, 1.82) is 0 Å². The molecule has 184 valence electrons. The first-order valence-electron chi connectivity index (χ1n) is 11.7. The van der Waals surface area contributed by atoms with Crippen LogP contribution in [0.3, 0.4) is 0 Å². The van der Waals surface area contributed by atoms with Crippen LogP contribution in [0.1, 0.15) is 29.2 Å². The van der Waals surface area contributed by atoms with Crippen LogP contribution in [0.2, 0.25) is 0 Å². The molecule has 0 unspecified atom stereocenters. The highest BCUT2D eigenvalue weighted by Gasteiger charge is 2.23. The van der Waals surface area contributed by atoms with Crippen LogP contribution in [0.25, 0.3) is 22.9 Å². The zero-order valence-corrected chi connectivity index (χ0v) is 20.8. The van der Waals surface area contributed by atoms with Gasteiger partial charge in [0.15, 0.2) is 0 Å². The van der Waals surface area contributed by atoms with E-state index in [-0.39, 0.29) is 6.04 Å². The third-order valence-corrected chi connectivity index (χ3v) is 6.09. The van der Waals surface area contributed by atoms with Crippen LogP contribution in [0.15, 0.2) is 75.6 Å². The number of aromatic nitrogens is 6. The zero-order valence-electron chi connectivity index (χ0n) is 20.1. The molecule has 10 heteroatoms. The molecule has 2 aromatic carbocycles. The van der Waals surface area contributed by atoms with Gasteiger partial charge in [-0.25, -0.2) is 0 Å². The van der Waals surface area contributed by atoms with E-state index < -0.39 is 0 Å². The van der Waals surface area contributed by atoms with Crippen molar-refractivity contribution >= 4 is 11.6 Å². The Morgan fingerprint density at radius 1 is 0.806 bits per heavy atom. The number of halogens is 1. The fraction of sp³-hybridized carbons (Fsp3) is 0.269. The summed E-state index contributed by atoms with van der Waals surface area (Å²) < 4.78 is 13.9. The molecule has 0 saturated heterocycles. The van der Waals surface area contributed by atoms with Gasteiger partial charge in [-0.3, -0.25) is 9.58 Å². The fourth-order valence-electron chi connectivity index (χ4n) is 4.10. The van der Waals surface area contributed by atoms with E-state index in [4.69, 9.17) is 20.4 Å². The average molecular weight is 504 g/mol. The second kappa shape index (κ2) is 10.8. The molecule has 5 rings (SSSR count). The van der Waals surface area contributed by atoms with E-state index in [1.165, 1.54) is 0 Å². The van der Waals surface area contributed by atoms with E-state index in [1.54, 1.807) is 0 Å². The molecule has 0 fully saturated rings. The van der Waals surface area contributed by atoms with Gasteiger partial charge < -0.3 is 8.83 Å². The van der Waals surface area contributed by atoms with Gasteiger partial charge in [-0.1, -0.05) is 36.4 Å². The zero-order chi connectivity index (χ0) is 24.9. The highest BCUT2D eigenvalue weighted by Crippen LogP contribution is 2.22. The largest absolute Gasteiger partial charge is 0.419 e. The van der Waals surface area contributed by atoms with Gasteiger partial charge in [0, 0.05) is 29.2 Å². The van der Waals surface area contributed by atoms with Gasteiger partial charge in [0.05, 0.1) is 24.8 Å². The minimum Gasteiger partial charge on any atom is -0.419 e. The molecule has 0 aliphatic carbocycles. The van der Waals surface area contributed by atoms with Crippen LogP contribution in [0.4, 0.5) is 0 Å². The van der Waals surface area contributed by atoms with E-state index in [0.29, 0.717) is 49.1 Å². The van der Waals surface area contributed by atoms with Crippen molar-refractivity contribution in [1.82, 2.24) is 35.1 Å². The van der Waals surface area contributed by atoms with Crippen molar-refractivity contribution in [2.75, 3.05) is 12.4 Å². The van der Waals surface area contributed by atoms with Crippen molar-refractivity contribution in [3.8, 4) is 22.9 Å². The van der Waals surface area contributed by atoms with E-state index in [0.717, 1.165) is 22.5 Å². The van der Waals surface area contributed by atoms with Crippen molar-refractivity contribution in [3.05, 3.63) is 89.9 Å². The van der Waals surface area contributed by atoms with Gasteiger partial charge in [-0.2, -0.15) is 5.10 Å². The fourth-order valence-corrected chi connectivity index (χ4v) is 4.33. The lowest BCUT2D eigenvalue weighted by molar-refractivity contribution is 0.182. The summed E-state index contributed by atoms with van der Waals surface area (Å²) in [5.74, 6) is 2.30. The Bertz CT molecular complexity index is 1320. The van der Waals surface area contributed by atoms with E-state index in [1.807, 2.05) is 85.3 Å². The Morgan fingerprint density at radius 3 is 1.78 bits per heavy atom. The molecule has 0 radical (unpaired) electrons. The maximum Gasteiger partial charge on any atom is 0.247 e. The lowest BCUT2D eigenvalue weighted by Gasteiger charge is -2.25. The van der Waals surface area contributed by atoms with E-state index in [2.05, 4.69) is 30.4 Å². The lowest BCUT2D eigenvalue weighted by atomic mass is 10.2. The van der Waals surface area contributed by atoms with Gasteiger partial charge >= 0.3 is 0 Å². The Balaban J connectivity index is 1.39. The van der Waals surface area contributed by atoms with Crippen molar-refractivity contribution < 1.29 is 8.83 Å². The van der Waals surface area contributed by atoms with Crippen LogP contribution in [0.5, 0.6) is 0 Å². The summed E-state index contributed by atoms with van der Waals surface area (Å²) in [7, 11) is 0. The molecule has 9 nitrogen and oxygen atoms in total. The first-order chi connectivity index (χ1) is 17.6. The number of hydrogen-bond donors (Lipinski definition) is 0. The Hall–Kier alpha value is -3.82. The topological polar surface area (TPSA) is 98.9 Å². The number of aryl methyl sites for hydroxylation is 2. The Kier molecular flexibility index (Phi) is 7.20. The first-order valence-corrected chi connectivity index (χ1v) is 12.2. The van der Waals surface area contributed by atoms with Gasteiger partial charge in [0.1, 0.15) is 0 Å². The standard InChI is InChI=1S/C26H26ClN7O2/c1-18-13-19(2)34(32-18)22(14-27)15-33(16-23-28-30-25(35-23)20-9-5-3-6-10-20)17-24-29-31-26(36-24)21-11-7-4-8-12-21/h3-13,22H,14-17H2,1-2H3/t22-/m1/s1. The number of nitrogens with zero attached hydrogens (tertiary/aromatic N) is 7. The summed E-state index contributed by atoms with van der Waals surface area (Å²) in [6, 6.07) is 21.3. The van der Waals surface area contributed by atoms with E-state index >= 15 is 0 Å². The molecule has 0 bridgehead atoms. The predicted molar refractivity (Wildman–Crippen MR) is 135 cm³/mol. The summed E-state index contributed by atoms with van der Waals surface area (Å²) in [5, 5.41) is 21.6. The molecule has 0 spiro atoms. The maximum absolute atomic E-state index is 6.41. The summed E-state index contributed by atoms with van der Waals surface area (Å²) >= 11 is 6.41. The van der Waals surface area contributed by atoms with Crippen LogP contribution in [-0.4, -0.2) is 47.5 Å². The Labute approximate surface area is 213 Å². The van der Waals surface area contributed by atoms with Gasteiger partial charge in [0.25, 0.3) is 0 Å². The third kappa shape index (κ3) is 5.53. The number of alkyl halides is 1. The molecule has 3 aromatic heterocycles. The Morgan fingerprint density at radius 2 is 1.33 bits per heavy atom. The van der Waals surface area contributed by atoms with Crippen LogP contribution >= 0.6 is 11.6 Å². The number of benzene rings is 2.